The van der Waals surface area contributed by atoms with Crippen molar-refractivity contribution in [1.29, 1.82) is 0 Å². The Labute approximate surface area is 144 Å². The van der Waals surface area contributed by atoms with E-state index in [1.54, 1.807) is 0 Å². The van der Waals surface area contributed by atoms with Gasteiger partial charge >= 0.3 is 5.97 Å². The van der Waals surface area contributed by atoms with Crippen LogP contribution in [0.2, 0.25) is 0 Å². The van der Waals surface area contributed by atoms with E-state index in [1.807, 2.05) is 45.0 Å². The summed E-state index contributed by atoms with van der Waals surface area (Å²) in [6, 6.07) is 7.55. The first-order valence-corrected chi connectivity index (χ1v) is 8.36. The zero-order chi connectivity index (χ0) is 18.3. The molecule has 1 atom stereocenters. The van der Waals surface area contributed by atoms with Gasteiger partial charge in [0.05, 0.1) is 12.0 Å². The molecule has 5 heteroatoms. The van der Waals surface area contributed by atoms with E-state index < -0.39 is 11.4 Å². The lowest BCUT2D eigenvalue weighted by Crippen LogP contribution is -2.42. The Morgan fingerprint density at radius 3 is 2.25 bits per heavy atom. The summed E-state index contributed by atoms with van der Waals surface area (Å²) in [6.07, 6.45) is 0.0442. The van der Waals surface area contributed by atoms with Gasteiger partial charge < -0.3 is 15.2 Å². The van der Waals surface area contributed by atoms with Crippen molar-refractivity contribution in [3.05, 3.63) is 29.8 Å². The molecule has 1 rings (SSSR count). The van der Waals surface area contributed by atoms with Gasteiger partial charge in [0.15, 0.2) is 0 Å². The van der Waals surface area contributed by atoms with Crippen molar-refractivity contribution in [3.63, 3.8) is 0 Å². The van der Waals surface area contributed by atoms with E-state index in [-0.39, 0.29) is 18.2 Å². The highest BCUT2D eigenvalue weighted by Gasteiger charge is 2.29. The molecule has 0 fully saturated rings. The van der Waals surface area contributed by atoms with Crippen molar-refractivity contribution >= 4 is 11.9 Å². The van der Waals surface area contributed by atoms with E-state index in [0.717, 1.165) is 11.3 Å². The zero-order valence-corrected chi connectivity index (χ0v) is 15.3. The first-order valence-electron chi connectivity index (χ1n) is 8.36. The van der Waals surface area contributed by atoms with E-state index in [0.29, 0.717) is 19.1 Å². The van der Waals surface area contributed by atoms with Crippen LogP contribution in [0.4, 0.5) is 0 Å². The summed E-state index contributed by atoms with van der Waals surface area (Å²) in [5.41, 5.74) is 0.197. The fraction of sp³-hybridized carbons (Fsp3) is 0.579. The Morgan fingerprint density at radius 1 is 1.17 bits per heavy atom. The van der Waals surface area contributed by atoms with Gasteiger partial charge in [-0.3, -0.25) is 9.59 Å². The molecule has 1 aromatic carbocycles. The lowest BCUT2D eigenvalue weighted by atomic mass is 9.83. The Hall–Kier alpha value is -2.04. The number of ether oxygens (including phenoxy) is 1. The monoisotopic (exact) mass is 335 g/mol. The first kappa shape index (κ1) is 20.0. The standard InChI is InChI=1S/C19H29NO4/c1-13(2)12-24-16-8-6-15(7-9-16)19(4,5)18(23)20-11-14(3)10-17(21)22/h6-9,13-14H,10-12H2,1-5H3,(H,20,23)(H,21,22). The average molecular weight is 335 g/mol. The summed E-state index contributed by atoms with van der Waals surface area (Å²) in [4.78, 5) is 23.1. The van der Waals surface area contributed by atoms with Gasteiger partial charge in [0.25, 0.3) is 0 Å². The smallest absolute Gasteiger partial charge is 0.303 e. The number of aliphatic carboxylic acids is 1. The highest BCUT2D eigenvalue weighted by atomic mass is 16.5. The van der Waals surface area contributed by atoms with E-state index in [1.165, 1.54) is 0 Å². The van der Waals surface area contributed by atoms with Gasteiger partial charge in [0, 0.05) is 13.0 Å². The second-order valence-corrected chi connectivity index (χ2v) is 7.27. The lowest BCUT2D eigenvalue weighted by molar-refractivity contribution is -0.138. The molecule has 0 aliphatic carbocycles. The highest BCUT2D eigenvalue weighted by Crippen LogP contribution is 2.26. The van der Waals surface area contributed by atoms with E-state index in [9.17, 15) is 9.59 Å². The number of hydrogen-bond acceptors (Lipinski definition) is 3. The molecule has 1 unspecified atom stereocenters. The van der Waals surface area contributed by atoms with Crippen LogP contribution in [-0.4, -0.2) is 30.1 Å². The molecule has 0 aliphatic rings. The number of rotatable bonds is 9. The molecule has 1 aromatic rings. The third-order valence-electron chi connectivity index (χ3n) is 3.86. The minimum Gasteiger partial charge on any atom is -0.493 e. The average Bonchev–Trinajstić information content (AvgIpc) is 2.50. The Bertz CT molecular complexity index is 549. The van der Waals surface area contributed by atoms with Crippen molar-refractivity contribution in [2.24, 2.45) is 11.8 Å². The van der Waals surface area contributed by atoms with Gasteiger partial charge in [-0.15, -0.1) is 0 Å². The number of benzene rings is 1. The van der Waals surface area contributed by atoms with Crippen LogP contribution in [0, 0.1) is 11.8 Å². The zero-order valence-electron chi connectivity index (χ0n) is 15.3. The summed E-state index contributed by atoms with van der Waals surface area (Å²) in [5, 5.41) is 11.6. The summed E-state index contributed by atoms with van der Waals surface area (Å²) >= 11 is 0. The number of carboxylic acid groups (broad SMARTS) is 1. The lowest BCUT2D eigenvalue weighted by Gasteiger charge is -2.25. The Balaban J connectivity index is 2.65. The summed E-state index contributed by atoms with van der Waals surface area (Å²) in [6.45, 7) is 10.7. The molecule has 0 heterocycles. The molecule has 0 saturated heterocycles. The molecule has 0 saturated carbocycles. The van der Waals surface area contributed by atoms with Crippen LogP contribution in [0.1, 0.15) is 46.6 Å². The molecular formula is C19H29NO4. The van der Waals surface area contributed by atoms with Crippen LogP contribution >= 0.6 is 0 Å². The molecule has 24 heavy (non-hydrogen) atoms. The van der Waals surface area contributed by atoms with Gasteiger partial charge in [-0.25, -0.2) is 0 Å². The maximum Gasteiger partial charge on any atom is 0.303 e. The minimum absolute atomic E-state index is 0.0442. The molecular weight excluding hydrogens is 306 g/mol. The minimum atomic E-state index is -0.854. The fourth-order valence-electron chi connectivity index (χ4n) is 2.22. The molecule has 0 spiro atoms. The van der Waals surface area contributed by atoms with Crippen LogP contribution in [-0.2, 0) is 15.0 Å². The molecule has 0 aliphatic heterocycles. The molecule has 0 radical (unpaired) electrons. The maximum atomic E-state index is 12.5. The molecule has 134 valence electrons. The van der Waals surface area contributed by atoms with E-state index >= 15 is 0 Å². The van der Waals surface area contributed by atoms with Crippen LogP contribution in [0.3, 0.4) is 0 Å². The largest absolute Gasteiger partial charge is 0.493 e. The first-order chi connectivity index (χ1) is 11.1. The highest BCUT2D eigenvalue weighted by molar-refractivity contribution is 5.87. The van der Waals surface area contributed by atoms with Crippen LogP contribution in [0.15, 0.2) is 24.3 Å². The van der Waals surface area contributed by atoms with Crippen molar-refractivity contribution in [1.82, 2.24) is 5.32 Å². The maximum absolute atomic E-state index is 12.5. The van der Waals surface area contributed by atoms with E-state index in [2.05, 4.69) is 19.2 Å². The van der Waals surface area contributed by atoms with Crippen molar-refractivity contribution in [2.75, 3.05) is 13.2 Å². The van der Waals surface area contributed by atoms with Gasteiger partial charge in [0.1, 0.15) is 5.75 Å². The summed E-state index contributed by atoms with van der Waals surface area (Å²) in [5.74, 6) is 0.177. The predicted molar refractivity (Wildman–Crippen MR) is 94.2 cm³/mol. The number of nitrogens with one attached hydrogen (secondary N) is 1. The molecule has 0 aromatic heterocycles. The fourth-order valence-corrected chi connectivity index (χ4v) is 2.22. The van der Waals surface area contributed by atoms with Crippen LogP contribution in [0.5, 0.6) is 5.75 Å². The van der Waals surface area contributed by atoms with Gasteiger partial charge in [-0.2, -0.15) is 0 Å². The Kier molecular flexibility index (Phi) is 7.26. The molecule has 2 N–H and O–H groups in total. The van der Waals surface area contributed by atoms with Crippen LogP contribution < -0.4 is 10.1 Å². The molecule has 5 nitrogen and oxygen atoms in total. The van der Waals surface area contributed by atoms with Gasteiger partial charge in [-0.1, -0.05) is 32.9 Å². The normalized spacial score (nSPS) is 12.8. The van der Waals surface area contributed by atoms with Crippen molar-refractivity contribution < 1.29 is 19.4 Å². The molecule has 0 bridgehead atoms. The third kappa shape index (κ3) is 6.22. The number of carbonyl (C=O) groups excluding carboxylic acids is 1. The summed E-state index contributed by atoms with van der Waals surface area (Å²) in [7, 11) is 0. The Morgan fingerprint density at radius 2 is 1.75 bits per heavy atom. The molecule has 1 amide bonds. The second kappa shape index (κ2) is 8.71. The second-order valence-electron chi connectivity index (χ2n) is 7.27. The number of hydrogen-bond donors (Lipinski definition) is 2. The van der Waals surface area contributed by atoms with Crippen molar-refractivity contribution in [2.45, 2.75) is 46.5 Å². The topological polar surface area (TPSA) is 75.6 Å². The predicted octanol–water partition coefficient (Wildman–Crippen LogP) is 3.23. The number of amides is 1. The SMILES string of the molecule is CC(C)COc1ccc(C(C)(C)C(=O)NCC(C)CC(=O)O)cc1. The number of carbonyl (C=O) groups is 2. The van der Waals surface area contributed by atoms with Gasteiger partial charge in [-0.05, 0) is 43.4 Å². The van der Waals surface area contributed by atoms with Crippen LogP contribution in [0.25, 0.3) is 0 Å². The summed E-state index contributed by atoms with van der Waals surface area (Å²) < 4.78 is 5.66. The number of carboxylic acids is 1. The quantitative estimate of drug-likeness (QED) is 0.726. The van der Waals surface area contributed by atoms with Gasteiger partial charge in [0.2, 0.25) is 5.91 Å². The van der Waals surface area contributed by atoms with Crippen molar-refractivity contribution in [3.8, 4) is 5.75 Å². The van der Waals surface area contributed by atoms with E-state index in [4.69, 9.17) is 9.84 Å². The third-order valence-corrected chi connectivity index (χ3v) is 3.86.